The van der Waals surface area contributed by atoms with Crippen molar-refractivity contribution in [2.75, 3.05) is 5.32 Å². The molecule has 0 bridgehead atoms. The van der Waals surface area contributed by atoms with E-state index in [1.807, 2.05) is 0 Å². The van der Waals surface area contributed by atoms with Crippen LogP contribution in [0, 0.1) is 0 Å². The number of carbonyl (C=O) groups is 1. The molecule has 2 rings (SSSR count). The molecule has 0 aliphatic rings. The lowest BCUT2D eigenvalue weighted by Gasteiger charge is -2.01. The summed E-state index contributed by atoms with van der Waals surface area (Å²) in [6, 6.07) is 1.69. The summed E-state index contributed by atoms with van der Waals surface area (Å²) in [6.07, 6.45) is 5.21. The van der Waals surface area contributed by atoms with Gasteiger partial charge >= 0.3 is 0 Å². The Bertz CT molecular complexity index is 406. The summed E-state index contributed by atoms with van der Waals surface area (Å²) in [5.74, 6) is 0.508. The Hall–Kier alpha value is -2.18. The average molecular weight is 206 g/mol. The fourth-order valence-corrected chi connectivity index (χ4v) is 1.11. The molecule has 0 saturated heterocycles. The Morgan fingerprint density at radius 3 is 3.13 bits per heavy atom. The number of hydrogen-bond donors (Lipinski definition) is 2. The number of amides is 1. The number of anilines is 1. The second-order valence-electron chi connectivity index (χ2n) is 2.93. The minimum atomic E-state index is -0.0882. The van der Waals surface area contributed by atoms with Gasteiger partial charge in [0.2, 0.25) is 5.91 Å². The van der Waals surface area contributed by atoms with Gasteiger partial charge in [-0.1, -0.05) is 5.21 Å². The van der Waals surface area contributed by atoms with Gasteiger partial charge < -0.3 is 5.32 Å². The van der Waals surface area contributed by atoms with Crippen LogP contribution in [-0.4, -0.2) is 31.1 Å². The van der Waals surface area contributed by atoms with Crippen molar-refractivity contribution in [1.82, 2.24) is 25.2 Å². The molecule has 0 unspecified atom stereocenters. The monoisotopic (exact) mass is 206 g/mol. The summed E-state index contributed by atoms with van der Waals surface area (Å²) < 4.78 is 1.60. The lowest BCUT2D eigenvalue weighted by atomic mass is 10.4. The van der Waals surface area contributed by atoms with Crippen molar-refractivity contribution >= 4 is 11.7 Å². The van der Waals surface area contributed by atoms with Gasteiger partial charge in [-0.3, -0.25) is 14.6 Å². The van der Waals surface area contributed by atoms with E-state index >= 15 is 0 Å². The number of nitrogens with zero attached hydrogens (tertiary/aromatic N) is 4. The topological polar surface area (TPSA) is 88.5 Å². The average Bonchev–Trinajstić information content (AvgIpc) is 2.86. The van der Waals surface area contributed by atoms with Crippen LogP contribution >= 0.6 is 0 Å². The van der Waals surface area contributed by atoms with Gasteiger partial charge in [0.1, 0.15) is 5.82 Å². The van der Waals surface area contributed by atoms with Gasteiger partial charge in [0.25, 0.3) is 0 Å². The quantitative estimate of drug-likeness (QED) is 0.738. The second-order valence-corrected chi connectivity index (χ2v) is 2.93. The van der Waals surface area contributed by atoms with Crippen LogP contribution in [0.3, 0.4) is 0 Å². The number of nitrogens with one attached hydrogen (secondary N) is 2. The van der Waals surface area contributed by atoms with Crippen LogP contribution in [-0.2, 0) is 11.3 Å². The molecule has 0 radical (unpaired) electrons. The number of rotatable bonds is 4. The molecule has 0 aromatic carbocycles. The van der Waals surface area contributed by atoms with Crippen LogP contribution in [0.2, 0.25) is 0 Å². The zero-order chi connectivity index (χ0) is 10.5. The molecule has 0 atom stereocenters. The van der Waals surface area contributed by atoms with Gasteiger partial charge in [-0.05, 0) is 0 Å². The van der Waals surface area contributed by atoms with Gasteiger partial charge in [-0.2, -0.15) is 5.10 Å². The van der Waals surface area contributed by atoms with Crippen LogP contribution in [0.1, 0.15) is 6.42 Å². The van der Waals surface area contributed by atoms with E-state index in [4.69, 9.17) is 0 Å². The van der Waals surface area contributed by atoms with Crippen LogP contribution in [0.25, 0.3) is 0 Å². The highest BCUT2D eigenvalue weighted by molar-refractivity contribution is 5.89. The molecular weight excluding hydrogens is 196 g/mol. The van der Waals surface area contributed by atoms with Crippen molar-refractivity contribution in [3.63, 3.8) is 0 Å². The van der Waals surface area contributed by atoms with Crippen LogP contribution < -0.4 is 5.32 Å². The molecule has 7 nitrogen and oxygen atoms in total. The first kappa shape index (κ1) is 9.38. The van der Waals surface area contributed by atoms with E-state index in [0.29, 0.717) is 18.8 Å². The zero-order valence-electron chi connectivity index (χ0n) is 7.92. The molecular formula is C8H10N6O. The normalized spacial score (nSPS) is 10.1. The molecule has 0 aliphatic heterocycles. The molecule has 2 aromatic heterocycles. The van der Waals surface area contributed by atoms with E-state index in [9.17, 15) is 4.79 Å². The minimum absolute atomic E-state index is 0.0882. The predicted molar refractivity (Wildman–Crippen MR) is 51.9 cm³/mol. The highest BCUT2D eigenvalue weighted by atomic mass is 16.1. The SMILES string of the molecule is O=C(CCn1ccnn1)Nc1ccn[nH]1. The van der Waals surface area contributed by atoms with Gasteiger partial charge in [0, 0.05) is 18.7 Å². The maximum absolute atomic E-state index is 11.4. The summed E-state index contributed by atoms with van der Waals surface area (Å²) in [5, 5.41) is 16.4. The predicted octanol–water partition coefficient (Wildman–Crippen LogP) is 0.0300. The third-order valence-electron chi connectivity index (χ3n) is 1.81. The lowest BCUT2D eigenvalue weighted by molar-refractivity contribution is -0.116. The molecule has 2 N–H and O–H groups in total. The first-order valence-electron chi connectivity index (χ1n) is 4.48. The fourth-order valence-electron chi connectivity index (χ4n) is 1.11. The molecule has 7 heteroatoms. The summed E-state index contributed by atoms with van der Waals surface area (Å²) in [6.45, 7) is 0.514. The van der Waals surface area contributed by atoms with Crippen molar-refractivity contribution < 1.29 is 4.79 Å². The number of carbonyl (C=O) groups excluding carboxylic acids is 1. The highest BCUT2D eigenvalue weighted by Crippen LogP contribution is 1.99. The molecule has 1 amide bonds. The molecule has 78 valence electrons. The highest BCUT2D eigenvalue weighted by Gasteiger charge is 2.03. The van der Waals surface area contributed by atoms with E-state index in [2.05, 4.69) is 25.8 Å². The van der Waals surface area contributed by atoms with Gasteiger partial charge in [-0.15, -0.1) is 5.10 Å². The Morgan fingerprint density at radius 2 is 2.47 bits per heavy atom. The second kappa shape index (κ2) is 4.36. The van der Waals surface area contributed by atoms with E-state index in [1.54, 1.807) is 29.3 Å². The first-order valence-corrected chi connectivity index (χ1v) is 4.48. The van der Waals surface area contributed by atoms with E-state index in [1.165, 1.54) is 0 Å². The van der Waals surface area contributed by atoms with E-state index < -0.39 is 0 Å². The Morgan fingerprint density at radius 1 is 1.53 bits per heavy atom. The molecule has 0 spiro atoms. The number of aromatic nitrogens is 5. The van der Waals surface area contributed by atoms with Gasteiger partial charge in [-0.25, -0.2) is 0 Å². The van der Waals surface area contributed by atoms with Crippen molar-refractivity contribution in [3.8, 4) is 0 Å². The molecule has 0 fully saturated rings. The fraction of sp³-hybridized carbons (Fsp3) is 0.250. The molecule has 0 saturated carbocycles. The Labute approximate surface area is 85.5 Å². The summed E-state index contributed by atoms with van der Waals surface area (Å²) in [7, 11) is 0. The third-order valence-corrected chi connectivity index (χ3v) is 1.81. The smallest absolute Gasteiger partial charge is 0.227 e. The maximum atomic E-state index is 11.4. The van der Waals surface area contributed by atoms with Crippen molar-refractivity contribution in [3.05, 3.63) is 24.7 Å². The van der Waals surface area contributed by atoms with Gasteiger partial charge in [0.15, 0.2) is 0 Å². The summed E-state index contributed by atoms with van der Waals surface area (Å²) >= 11 is 0. The number of H-pyrrole nitrogens is 1. The Kier molecular flexibility index (Phi) is 2.72. The van der Waals surface area contributed by atoms with Gasteiger partial charge in [0.05, 0.1) is 18.9 Å². The van der Waals surface area contributed by atoms with Crippen molar-refractivity contribution in [1.29, 1.82) is 0 Å². The lowest BCUT2D eigenvalue weighted by Crippen LogP contribution is -2.15. The maximum Gasteiger partial charge on any atom is 0.227 e. The number of hydrogen-bond acceptors (Lipinski definition) is 4. The molecule has 2 aromatic rings. The molecule has 0 aliphatic carbocycles. The first-order chi connectivity index (χ1) is 7.34. The van der Waals surface area contributed by atoms with Crippen molar-refractivity contribution in [2.45, 2.75) is 13.0 Å². The number of aryl methyl sites for hydroxylation is 1. The largest absolute Gasteiger partial charge is 0.311 e. The minimum Gasteiger partial charge on any atom is -0.311 e. The van der Waals surface area contributed by atoms with E-state index in [-0.39, 0.29) is 5.91 Å². The van der Waals surface area contributed by atoms with Crippen LogP contribution in [0.4, 0.5) is 5.82 Å². The van der Waals surface area contributed by atoms with Crippen LogP contribution in [0.5, 0.6) is 0 Å². The van der Waals surface area contributed by atoms with Crippen molar-refractivity contribution in [2.24, 2.45) is 0 Å². The third kappa shape index (κ3) is 2.63. The van der Waals surface area contributed by atoms with E-state index in [0.717, 1.165) is 0 Å². The summed E-state index contributed by atoms with van der Waals surface area (Å²) in [4.78, 5) is 11.4. The molecule has 15 heavy (non-hydrogen) atoms. The van der Waals surface area contributed by atoms with Crippen LogP contribution in [0.15, 0.2) is 24.7 Å². The number of aromatic amines is 1. The zero-order valence-corrected chi connectivity index (χ0v) is 7.92. The summed E-state index contributed by atoms with van der Waals surface area (Å²) in [5.41, 5.74) is 0. The Balaban J connectivity index is 1.78. The standard InChI is InChI=1S/C8H10N6O/c15-8(11-7-1-3-9-12-7)2-5-14-6-4-10-13-14/h1,3-4,6H,2,5H2,(H2,9,11,12,15). The molecule has 2 heterocycles.